The monoisotopic (exact) mass is 954 g/mol. The van der Waals surface area contributed by atoms with Gasteiger partial charge in [-0.2, -0.15) is 11.3 Å². The zero-order valence-corrected chi connectivity index (χ0v) is 37.8. The quantitative estimate of drug-likeness (QED) is 0.0936. The number of ketones is 1. The number of hydrogen-bond acceptors (Lipinski definition) is 8. The number of amides is 1. The molecule has 0 saturated carbocycles. The van der Waals surface area contributed by atoms with E-state index in [9.17, 15) is 14.4 Å². The number of halogens is 2. The Hall–Kier alpha value is -1.48. The fourth-order valence-electron chi connectivity index (χ4n) is 6.64. The van der Waals surface area contributed by atoms with Crippen LogP contribution in [0.15, 0.2) is 40.7 Å². The highest BCUT2D eigenvalue weighted by molar-refractivity contribution is 14.1. The summed E-state index contributed by atoms with van der Waals surface area (Å²) in [5.41, 5.74) is 3.17. The van der Waals surface area contributed by atoms with E-state index >= 15 is 0 Å². The van der Waals surface area contributed by atoms with Crippen molar-refractivity contribution in [3.8, 4) is 11.5 Å². The van der Waals surface area contributed by atoms with Crippen LogP contribution in [0, 0.1) is 0 Å². The van der Waals surface area contributed by atoms with Crippen LogP contribution in [-0.2, 0) is 9.22 Å². The molecule has 9 nitrogen and oxygen atoms in total. The molecule has 3 aliphatic rings. The second-order valence-electron chi connectivity index (χ2n) is 15.3. The lowest BCUT2D eigenvalue weighted by atomic mass is 9.70. The van der Waals surface area contributed by atoms with E-state index in [1.54, 1.807) is 40.0 Å². The minimum absolute atomic E-state index is 0.159. The van der Waals surface area contributed by atoms with Crippen LogP contribution in [-0.4, -0.2) is 59.8 Å². The Labute approximate surface area is 325 Å². The predicted octanol–water partition coefficient (Wildman–Crippen LogP) is 11.0. The number of methoxy groups -OCH3 is 1. The standard InChI is InChI=1S/C18H28INO5Si.C17H24INO2SSi/c1-10(2)26(11(3)4,12(5)6)25-16-9-14(20-18(22)23)13(17(19)21)8-15(16)24-7;1-16(2,3)23(4,5)21-11-17-9-13(12-6-7-22-10-12)8-14(15(17)20)19(17)18/h8-12,20H,1-7H3,(H,22,23);6-8,10,13H,9,11H2,1-5H3. The summed E-state index contributed by atoms with van der Waals surface area (Å²) in [5.74, 6) is 1.50. The summed E-state index contributed by atoms with van der Waals surface area (Å²) in [6, 6.07) is 5.27. The SMILES string of the molecule is CC(C)(C)[Si](C)(C)OCC12CC(c3ccsc3)C=C(C1=O)N2I.COc1cc(C(=O)I)c(NC(=O)O)cc1O[Si](C(C)C)(C(C)C)C(C)C. The van der Waals surface area contributed by atoms with Gasteiger partial charge in [-0.15, -0.1) is 0 Å². The first-order valence-corrected chi connectivity index (χ1v) is 24.6. The number of carbonyl (C=O) groups is 3. The molecule has 1 aromatic heterocycles. The van der Waals surface area contributed by atoms with Crippen LogP contribution in [0.25, 0.3) is 0 Å². The van der Waals surface area contributed by atoms with Crippen LogP contribution in [0.5, 0.6) is 11.5 Å². The Morgan fingerprint density at radius 2 is 1.69 bits per heavy atom. The Bertz CT molecular complexity index is 1540. The van der Waals surface area contributed by atoms with Gasteiger partial charge in [0, 0.05) is 34.6 Å². The van der Waals surface area contributed by atoms with E-state index in [0.29, 0.717) is 40.6 Å². The number of benzene rings is 1. The van der Waals surface area contributed by atoms with Gasteiger partial charge in [-0.1, -0.05) is 62.3 Å². The Morgan fingerprint density at radius 3 is 2.12 bits per heavy atom. The van der Waals surface area contributed by atoms with Crippen LogP contribution in [0.3, 0.4) is 0 Å². The van der Waals surface area contributed by atoms with Gasteiger partial charge in [0.25, 0.3) is 8.32 Å². The third kappa shape index (κ3) is 8.61. The molecule has 49 heavy (non-hydrogen) atoms. The molecule has 1 saturated heterocycles. The third-order valence-electron chi connectivity index (χ3n) is 10.4. The van der Waals surface area contributed by atoms with Crippen molar-refractivity contribution in [2.75, 3.05) is 19.0 Å². The molecule has 14 heteroatoms. The van der Waals surface area contributed by atoms with Gasteiger partial charge in [0.2, 0.25) is 9.57 Å². The molecule has 2 aliphatic heterocycles. The van der Waals surface area contributed by atoms with Crippen molar-refractivity contribution in [3.05, 3.63) is 51.9 Å². The van der Waals surface area contributed by atoms with Crippen LogP contribution in [0.4, 0.5) is 10.5 Å². The fourth-order valence-corrected chi connectivity index (χ4v) is 15.0. The highest BCUT2D eigenvalue weighted by Gasteiger charge is 2.60. The maximum absolute atomic E-state index is 12.7. The van der Waals surface area contributed by atoms with Gasteiger partial charge >= 0.3 is 6.09 Å². The lowest BCUT2D eigenvalue weighted by molar-refractivity contribution is -0.136. The van der Waals surface area contributed by atoms with Gasteiger partial charge in [-0.25, -0.2) is 4.79 Å². The minimum atomic E-state index is -2.27. The number of carboxylic acid groups (broad SMARTS) is 1. The van der Waals surface area contributed by atoms with E-state index in [1.807, 2.05) is 0 Å². The number of fused-ring (bicyclic) bond motifs is 2. The summed E-state index contributed by atoms with van der Waals surface area (Å²) in [7, 11) is -2.61. The summed E-state index contributed by atoms with van der Waals surface area (Å²) in [5, 5.41) is 15.8. The second-order valence-corrected chi connectivity index (χ2v) is 28.2. The Morgan fingerprint density at radius 1 is 1.10 bits per heavy atom. The van der Waals surface area contributed by atoms with Crippen LogP contribution < -0.4 is 14.5 Å². The molecule has 1 aromatic carbocycles. The number of allylic oxidation sites excluding steroid dienone is 1. The average Bonchev–Trinajstić information content (AvgIpc) is 3.54. The van der Waals surface area contributed by atoms with Gasteiger partial charge in [0.15, 0.2) is 14.1 Å². The van der Waals surface area contributed by atoms with E-state index in [0.717, 1.165) is 12.1 Å². The van der Waals surface area contributed by atoms with Gasteiger partial charge in [0.1, 0.15) is 11.3 Å². The van der Waals surface area contributed by atoms with E-state index < -0.39 is 28.3 Å². The van der Waals surface area contributed by atoms with Gasteiger partial charge in [0.05, 0.1) is 53.5 Å². The van der Waals surface area contributed by atoms with Crippen molar-refractivity contribution in [1.82, 2.24) is 3.11 Å². The first-order valence-electron chi connectivity index (χ1n) is 16.5. The maximum Gasteiger partial charge on any atom is 0.409 e. The lowest BCUT2D eigenvalue weighted by Crippen LogP contribution is -2.68. The molecule has 0 spiro atoms. The predicted molar refractivity (Wildman–Crippen MR) is 221 cm³/mol. The number of nitrogens with one attached hydrogen (secondary N) is 1. The Balaban J connectivity index is 0.000000267. The number of ether oxygens (including phenoxy) is 1. The van der Waals surface area contributed by atoms with E-state index in [1.165, 1.54) is 18.7 Å². The van der Waals surface area contributed by atoms with Crippen molar-refractivity contribution in [1.29, 1.82) is 0 Å². The van der Waals surface area contributed by atoms with Crippen molar-refractivity contribution >= 4 is 94.8 Å². The van der Waals surface area contributed by atoms with Crippen molar-refractivity contribution < 1.29 is 33.1 Å². The molecule has 3 heterocycles. The minimum Gasteiger partial charge on any atom is -0.540 e. The number of hydrogen-bond donors (Lipinski definition) is 2. The number of Topliss-reactive ketones (excluding diaryl/α,β-unsaturated/α-hetero) is 1. The number of carbonyl (C=O) groups excluding carboxylic acids is 2. The lowest BCUT2D eigenvalue weighted by Gasteiger charge is -2.55. The normalized spacial score (nSPS) is 19.3. The van der Waals surface area contributed by atoms with E-state index in [2.05, 4.69) is 130 Å². The highest BCUT2D eigenvalue weighted by atomic mass is 127. The maximum atomic E-state index is 12.7. The van der Waals surface area contributed by atoms with Crippen molar-refractivity contribution in [2.24, 2.45) is 0 Å². The van der Waals surface area contributed by atoms with Crippen LogP contribution in [0.2, 0.25) is 34.8 Å². The molecular formula is C35H52I2N2O7SSi2. The summed E-state index contributed by atoms with van der Waals surface area (Å²) in [6.07, 6.45) is 1.72. The Kier molecular flexibility index (Phi) is 13.7. The molecular weight excluding hydrogens is 902 g/mol. The van der Waals surface area contributed by atoms with Crippen LogP contribution in [0.1, 0.15) is 90.6 Å². The molecule has 1 fully saturated rings. The van der Waals surface area contributed by atoms with Gasteiger partial charge in [-0.05, 0) is 75.7 Å². The molecule has 2 unspecified atom stereocenters. The summed E-state index contributed by atoms with van der Waals surface area (Å²) in [4.78, 5) is 35.7. The smallest absolute Gasteiger partial charge is 0.409 e. The topological polar surface area (TPSA) is 114 Å². The molecule has 0 radical (unpaired) electrons. The zero-order chi connectivity index (χ0) is 37.3. The summed E-state index contributed by atoms with van der Waals surface area (Å²) >= 11 is 5.63. The molecule has 1 amide bonds. The zero-order valence-electron chi connectivity index (χ0n) is 30.7. The van der Waals surface area contributed by atoms with Gasteiger partial charge < -0.3 is 18.7 Å². The molecule has 2 atom stereocenters. The first kappa shape index (κ1) is 41.9. The molecule has 272 valence electrons. The molecule has 2 N–H and O–H groups in total. The summed E-state index contributed by atoms with van der Waals surface area (Å²) < 4.78 is 20.3. The molecule has 2 aromatic rings. The molecule has 5 rings (SSSR count). The van der Waals surface area contributed by atoms with Crippen molar-refractivity contribution in [3.63, 3.8) is 0 Å². The second kappa shape index (κ2) is 16.0. The number of rotatable bonds is 12. The average molecular weight is 955 g/mol. The van der Waals surface area contributed by atoms with E-state index in [-0.39, 0.29) is 25.9 Å². The number of anilines is 1. The highest BCUT2D eigenvalue weighted by Crippen LogP contribution is 2.52. The number of thiophene rings is 1. The third-order valence-corrected chi connectivity index (χ3v) is 23.6. The fraction of sp³-hybridized carbons (Fsp3) is 0.571. The number of nitrogens with zero attached hydrogens (tertiary/aromatic N) is 1. The molecule has 1 aliphatic carbocycles. The van der Waals surface area contributed by atoms with Crippen molar-refractivity contribution in [2.45, 2.75) is 115 Å². The van der Waals surface area contributed by atoms with Crippen LogP contribution >= 0.6 is 56.8 Å². The molecule has 2 bridgehead atoms. The summed E-state index contributed by atoms with van der Waals surface area (Å²) in [6.45, 7) is 24.7. The first-order chi connectivity index (χ1) is 22.6. The van der Waals surface area contributed by atoms with E-state index in [4.69, 9.17) is 18.7 Å². The van der Waals surface area contributed by atoms with Gasteiger partial charge in [-0.3, -0.25) is 18.0 Å². The largest absolute Gasteiger partial charge is 0.540 e.